The van der Waals surface area contributed by atoms with Gasteiger partial charge in [0, 0.05) is 31.6 Å². The van der Waals surface area contributed by atoms with Crippen LogP contribution in [0.25, 0.3) is 0 Å². The van der Waals surface area contributed by atoms with Crippen LogP contribution in [0.3, 0.4) is 0 Å². The SMILES string of the molecule is CNC1CN(c2cc(N)nc(Cc3ccccc3)n2)C1. The largest absolute Gasteiger partial charge is 0.384 e. The molecule has 2 heterocycles. The summed E-state index contributed by atoms with van der Waals surface area (Å²) in [5.74, 6) is 2.24. The molecule has 0 radical (unpaired) electrons. The van der Waals surface area contributed by atoms with Crippen molar-refractivity contribution < 1.29 is 0 Å². The van der Waals surface area contributed by atoms with Crippen LogP contribution >= 0.6 is 0 Å². The van der Waals surface area contributed by atoms with E-state index in [4.69, 9.17) is 5.73 Å². The van der Waals surface area contributed by atoms with Crippen LogP contribution in [0.2, 0.25) is 0 Å². The Kier molecular flexibility index (Phi) is 3.52. The third-order valence-electron chi connectivity index (χ3n) is 3.60. The molecule has 0 aliphatic carbocycles. The molecule has 3 N–H and O–H groups in total. The molecule has 0 atom stereocenters. The van der Waals surface area contributed by atoms with E-state index in [0.29, 0.717) is 18.3 Å². The Morgan fingerprint density at radius 1 is 1.25 bits per heavy atom. The molecule has 3 rings (SSSR count). The van der Waals surface area contributed by atoms with Crippen LogP contribution in [0.1, 0.15) is 11.4 Å². The third-order valence-corrected chi connectivity index (χ3v) is 3.60. The van der Waals surface area contributed by atoms with Gasteiger partial charge in [0.25, 0.3) is 0 Å². The van der Waals surface area contributed by atoms with Crippen molar-refractivity contribution in [1.82, 2.24) is 15.3 Å². The molecule has 0 unspecified atom stereocenters. The van der Waals surface area contributed by atoms with Gasteiger partial charge in [0.05, 0.1) is 0 Å². The number of hydrogen-bond donors (Lipinski definition) is 2. The van der Waals surface area contributed by atoms with Crippen molar-refractivity contribution in [3.8, 4) is 0 Å². The first-order chi connectivity index (χ1) is 9.74. The van der Waals surface area contributed by atoms with Crippen LogP contribution in [0, 0.1) is 0 Å². The maximum absolute atomic E-state index is 5.90. The average Bonchev–Trinajstić information content (AvgIpc) is 2.38. The first-order valence-corrected chi connectivity index (χ1v) is 6.84. The molecule has 1 aromatic heterocycles. The standard InChI is InChI=1S/C15H19N5/c1-17-12-9-20(10-12)15-8-13(16)18-14(19-15)7-11-5-3-2-4-6-11/h2-6,8,12,17H,7,9-10H2,1H3,(H2,16,18,19). The van der Waals surface area contributed by atoms with Crippen LogP contribution < -0.4 is 16.0 Å². The molecule has 0 spiro atoms. The van der Waals surface area contributed by atoms with Gasteiger partial charge in [-0.1, -0.05) is 30.3 Å². The molecule has 5 nitrogen and oxygen atoms in total. The second kappa shape index (κ2) is 5.46. The van der Waals surface area contributed by atoms with Crippen molar-refractivity contribution in [3.05, 3.63) is 47.8 Å². The highest BCUT2D eigenvalue weighted by Gasteiger charge is 2.26. The second-order valence-corrected chi connectivity index (χ2v) is 5.12. The zero-order valence-corrected chi connectivity index (χ0v) is 11.6. The van der Waals surface area contributed by atoms with Gasteiger partial charge in [-0.3, -0.25) is 0 Å². The lowest BCUT2D eigenvalue weighted by molar-refractivity contribution is 0.446. The zero-order valence-electron chi connectivity index (χ0n) is 11.6. The topological polar surface area (TPSA) is 67.1 Å². The summed E-state index contributed by atoms with van der Waals surface area (Å²) in [5, 5.41) is 3.25. The van der Waals surface area contributed by atoms with Gasteiger partial charge in [0.2, 0.25) is 0 Å². The fourth-order valence-corrected chi connectivity index (χ4v) is 2.37. The van der Waals surface area contributed by atoms with E-state index in [1.165, 1.54) is 5.56 Å². The number of nitrogens with zero attached hydrogens (tertiary/aromatic N) is 3. The monoisotopic (exact) mass is 269 g/mol. The summed E-state index contributed by atoms with van der Waals surface area (Å²) in [6.07, 6.45) is 0.710. The van der Waals surface area contributed by atoms with Gasteiger partial charge in [-0.25, -0.2) is 9.97 Å². The number of nitrogens with two attached hydrogens (primary N) is 1. The van der Waals surface area contributed by atoms with Gasteiger partial charge in [0.15, 0.2) is 0 Å². The quantitative estimate of drug-likeness (QED) is 0.868. The fraction of sp³-hybridized carbons (Fsp3) is 0.333. The van der Waals surface area contributed by atoms with E-state index >= 15 is 0 Å². The van der Waals surface area contributed by atoms with Gasteiger partial charge >= 0.3 is 0 Å². The minimum atomic E-state index is 0.536. The maximum Gasteiger partial charge on any atom is 0.137 e. The molecule has 20 heavy (non-hydrogen) atoms. The van der Waals surface area contributed by atoms with E-state index in [9.17, 15) is 0 Å². The number of benzene rings is 1. The highest BCUT2D eigenvalue weighted by atomic mass is 15.3. The number of anilines is 2. The minimum Gasteiger partial charge on any atom is -0.384 e. The first kappa shape index (κ1) is 12.9. The lowest BCUT2D eigenvalue weighted by Crippen LogP contribution is -2.57. The number of nitrogens with one attached hydrogen (secondary N) is 1. The van der Waals surface area contributed by atoms with E-state index in [1.54, 1.807) is 0 Å². The Bertz CT molecular complexity index is 578. The summed E-state index contributed by atoms with van der Waals surface area (Å²) in [4.78, 5) is 11.2. The molecule has 104 valence electrons. The first-order valence-electron chi connectivity index (χ1n) is 6.84. The highest BCUT2D eigenvalue weighted by Crippen LogP contribution is 2.21. The van der Waals surface area contributed by atoms with E-state index in [2.05, 4.69) is 32.3 Å². The predicted octanol–water partition coefficient (Wildman–Crippen LogP) is 1.06. The van der Waals surface area contributed by atoms with Crippen LogP contribution in [0.15, 0.2) is 36.4 Å². The van der Waals surface area contributed by atoms with Crippen molar-refractivity contribution in [3.63, 3.8) is 0 Å². The highest BCUT2D eigenvalue weighted by molar-refractivity contribution is 5.49. The Balaban J connectivity index is 1.77. The molecule has 1 aliphatic heterocycles. The van der Waals surface area contributed by atoms with Crippen molar-refractivity contribution in [2.24, 2.45) is 0 Å². The number of aromatic nitrogens is 2. The van der Waals surface area contributed by atoms with Crippen LogP contribution in [0.5, 0.6) is 0 Å². The molecular formula is C15H19N5. The summed E-state index contributed by atoms with van der Waals surface area (Å²) in [7, 11) is 1.98. The van der Waals surface area contributed by atoms with Crippen molar-refractivity contribution in [2.75, 3.05) is 30.8 Å². The lowest BCUT2D eigenvalue weighted by Gasteiger charge is -2.40. The predicted molar refractivity (Wildman–Crippen MR) is 80.8 cm³/mol. The molecular weight excluding hydrogens is 250 g/mol. The molecule has 1 aliphatic rings. The smallest absolute Gasteiger partial charge is 0.137 e. The summed E-state index contributed by atoms with van der Waals surface area (Å²) in [6, 6.07) is 12.6. The van der Waals surface area contributed by atoms with Crippen LogP contribution in [0.4, 0.5) is 11.6 Å². The summed E-state index contributed by atoms with van der Waals surface area (Å²) >= 11 is 0. The summed E-state index contributed by atoms with van der Waals surface area (Å²) < 4.78 is 0. The van der Waals surface area contributed by atoms with Gasteiger partial charge < -0.3 is 16.0 Å². The molecule has 1 fully saturated rings. The Morgan fingerprint density at radius 2 is 2.00 bits per heavy atom. The normalized spacial score (nSPS) is 15.2. The lowest BCUT2D eigenvalue weighted by atomic mass is 10.1. The Labute approximate surface area is 118 Å². The van der Waals surface area contributed by atoms with E-state index in [-0.39, 0.29) is 0 Å². The number of rotatable bonds is 4. The van der Waals surface area contributed by atoms with Crippen molar-refractivity contribution in [2.45, 2.75) is 12.5 Å². The molecule has 1 saturated heterocycles. The summed E-state index contributed by atoms with van der Waals surface area (Å²) in [6.45, 7) is 1.94. The zero-order chi connectivity index (χ0) is 13.9. The number of nitrogen functional groups attached to an aromatic ring is 1. The van der Waals surface area contributed by atoms with Gasteiger partial charge in [-0.05, 0) is 12.6 Å². The van der Waals surface area contributed by atoms with Crippen molar-refractivity contribution in [1.29, 1.82) is 0 Å². The van der Waals surface area contributed by atoms with Crippen LogP contribution in [-0.2, 0) is 6.42 Å². The van der Waals surface area contributed by atoms with E-state index < -0.39 is 0 Å². The average molecular weight is 269 g/mol. The van der Waals surface area contributed by atoms with Crippen molar-refractivity contribution >= 4 is 11.6 Å². The van der Waals surface area contributed by atoms with Gasteiger partial charge in [-0.2, -0.15) is 0 Å². The molecule has 0 amide bonds. The van der Waals surface area contributed by atoms with E-state index in [1.807, 2.05) is 31.3 Å². The Morgan fingerprint density at radius 3 is 2.70 bits per heavy atom. The van der Waals surface area contributed by atoms with Gasteiger partial charge in [0.1, 0.15) is 17.5 Å². The van der Waals surface area contributed by atoms with E-state index in [0.717, 1.165) is 24.7 Å². The molecule has 0 bridgehead atoms. The molecule has 0 saturated carbocycles. The summed E-state index contributed by atoms with van der Waals surface area (Å²) in [5.41, 5.74) is 7.10. The molecule has 2 aromatic rings. The van der Waals surface area contributed by atoms with Crippen LogP contribution in [-0.4, -0.2) is 36.1 Å². The molecule has 1 aromatic carbocycles. The van der Waals surface area contributed by atoms with Gasteiger partial charge in [-0.15, -0.1) is 0 Å². The Hall–Kier alpha value is -2.14. The number of likely N-dealkylation sites (N-methyl/N-ethyl adjacent to an activating group) is 1. The fourth-order valence-electron chi connectivity index (χ4n) is 2.37. The maximum atomic E-state index is 5.90. The molecule has 5 heteroatoms. The minimum absolute atomic E-state index is 0.536. The third kappa shape index (κ3) is 2.72. The number of hydrogen-bond acceptors (Lipinski definition) is 5. The second-order valence-electron chi connectivity index (χ2n) is 5.12.